The highest BCUT2D eigenvalue weighted by Gasteiger charge is 2.34. The molecule has 136 valence electrons. The Labute approximate surface area is 161 Å². The molecule has 1 amide bonds. The first-order chi connectivity index (χ1) is 12.4. The Morgan fingerprint density at radius 2 is 1.81 bits per heavy atom. The molecule has 26 heavy (non-hydrogen) atoms. The standard InChI is InChI=1S/C19H18BrNO4S/c1-14(25-18-5-3-2-4-6-18)19(22)21(16-9-7-15(20)8-10-16)17-11-12-26(23,24)13-17/h2-12,14,17H,13H2,1H3/t14-,17+/m0/s1. The second-order valence-electron chi connectivity index (χ2n) is 5.98. The van der Waals surface area contributed by atoms with Gasteiger partial charge in [-0.2, -0.15) is 0 Å². The molecule has 0 bridgehead atoms. The first kappa shape index (κ1) is 18.7. The van der Waals surface area contributed by atoms with Crippen molar-refractivity contribution in [1.29, 1.82) is 0 Å². The van der Waals surface area contributed by atoms with E-state index in [4.69, 9.17) is 4.74 Å². The van der Waals surface area contributed by atoms with Crippen LogP contribution in [0.15, 0.2) is 70.6 Å². The number of nitrogens with zero attached hydrogens (tertiary/aromatic N) is 1. The molecule has 7 heteroatoms. The zero-order chi connectivity index (χ0) is 18.7. The molecule has 0 aromatic heterocycles. The van der Waals surface area contributed by atoms with Gasteiger partial charge in [0.15, 0.2) is 15.9 Å². The molecule has 0 radical (unpaired) electrons. The summed E-state index contributed by atoms with van der Waals surface area (Å²) in [6.07, 6.45) is 0.780. The van der Waals surface area contributed by atoms with E-state index in [1.54, 1.807) is 37.3 Å². The van der Waals surface area contributed by atoms with Crippen molar-refractivity contribution >= 4 is 37.4 Å². The molecule has 0 saturated heterocycles. The molecule has 0 fully saturated rings. The molecule has 3 rings (SSSR count). The van der Waals surface area contributed by atoms with E-state index in [1.807, 2.05) is 30.3 Å². The van der Waals surface area contributed by atoms with Gasteiger partial charge >= 0.3 is 0 Å². The highest BCUT2D eigenvalue weighted by atomic mass is 79.9. The molecular weight excluding hydrogens is 418 g/mol. The molecule has 5 nitrogen and oxygen atoms in total. The van der Waals surface area contributed by atoms with Gasteiger partial charge in [-0.05, 0) is 49.4 Å². The third-order valence-corrected chi connectivity index (χ3v) is 5.90. The van der Waals surface area contributed by atoms with E-state index in [0.29, 0.717) is 11.4 Å². The van der Waals surface area contributed by atoms with Crippen LogP contribution in [-0.2, 0) is 14.6 Å². The zero-order valence-electron chi connectivity index (χ0n) is 14.1. The predicted molar refractivity (Wildman–Crippen MR) is 105 cm³/mol. The maximum atomic E-state index is 13.1. The van der Waals surface area contributed by atoms with Gasteiger partial charge < -0.3 is 9.64 Å². The molecule has 0 unspecified atom stereocenters. The maximum Gasteiger partial charge on any atom is 0.268 e. The molecule has 1 aliphatic rings. The second-order valence-corrected chi connectivity index (χ2v) is 8.83. The Kier molecular flexibility index (Phi) is 5.48. The van der Waals surface area contributed by atoms with E-state index in [-0.39, 0.29) is 11.7 Å². The van der Waals surface area contributed by atoms with Crippen LogP contribution in [0.2, 0.25) is 0 Å². The molecular formula is C19H18BrNO4S. The van der Waals surface area contributed by atoms with Gasteiger partial charge in [0.25, 0.3) is 5.91 Å². The largest absolute Gasteiger partial charge is 0.481 e. The summed E-state index contributed by atoms with van der Waals surface area (Å²) in [5, 5.41) is 1.17. The highest BCUT2D eigenvalue weighted by Crippen LogP contribution is 2.26. The Bertz CT molecular complexity index is 910. The molecule has 0 spiro atoms. The van der Waals surface area contributed by atoms with Crippen LogP contribution in [0.1, 0.15) is 6.92 Å². The fraction of sp³-hybridized carbons (Fsp3) is 0.211. The maximum absolute atomic E-state index is 13.1. The minimum Gasteiger partial charge on any atom is -0.481 e. The number of carbonyl (C=O) groups excluding carboxylic acids is 1. The van der Waals surface area contributed by atoms with Gasteiger partial charge in [0.2, 0.25) is 0 Å². The van der Waals surface area contributed by atoms with Crippen molar-refractivity contribution in [3.63, 3.8) is 0 Å². The number of carbonyl (C=O) groups is 1. The van der Waals surface area contributed by atoms with Gasteiger partial charge in [0.1, 0.15) is 5.75 Å². The van der Waals surface area contributed by atoms with Crippen LogP contribution >= 0.6 is 15.9 Å². The number of amides is 1. The van der Waals surface area contributed by atoms with Gasteiger partial charge in [-0.15, -0.1) is 0 Å². The fourth-order valence-corrected chi connectivity index (χ4v) is 4.29. The Morgan fingerprint density at radius 3 is 2.38 bits per heavy atom. The first-order valence-corrected chi connectivity index (χ1v) is 10.6. The third-order valence-electron chi connectivity index (χ3n) is 3.99. The minimum atomic E-state index is -3.30. The first-order valence-electron chi connectivity index (χ1n) is 8.07. The van der Waals surface area contributed by atoms with Crippen molar-refractivity contribution in [3.05, 3.63) is 70.6 Å². The lowest BCUT2D eigenvalue weighted by molar-refractivity contribution is -0.124. The van der Waals surface area contributed by atoms with E-state index in [9.17, 15) is 13.2 Å². The lowest BCUT2D eigenvalue weighted by Gasteiger charge is -2.30. The number of sulfone groups is 1. The fourth-order valence-electron chi connectivity index (χ4n) is 2.75. The Morgan fingerprint density at radius 1 is 1.15 bits per heavy atom. The van der Waals surface area contributed by atoms with Crippen LogP contribution in [-0.4, -0.2) is 32.2 Å². The SMILES string of the molecule is C[C@H](Oc1ccccc1)C(=O)N(c1ccc(Br)cc1)[C@@H]1C=CS(=O)(=O)C1. The summed E-state index contributed by atoms with van der Waals surface area (Å²) in [4.78, 5) is 14.6. The van der Waals surface area contributed by atoms with Crippen LogP contribution in [0.3, 0.4) is 0 Å². The van der Waals surface area contributed by atoms with Gasteiger partial charge in [0.05, 0.1) is 11.8 Å². The van der Waals surface area contributed by atoms with Crippen LogP contribution in [0.4, 0.5) is 5.69 Å². The number of rotatable bonds is 5. The van der Waals surface area contributed by atoms with Gasteiger partial charge in [-0.3, -0.25) is 4.79 Å². The van der Waals surface area contributed by atoms with Gasteiger partial charge in [-0.1, -0.05) is 34.1 Å². The van der Waals surface area contributed by atoms with Crippen molar-refractivity contribution < 1.29 is 17.9 Å². The topological polar surface area (TPSA) is 63.7 Å². The van der Waals surface area contributed by atoms with E-state index in [2.05, 4.69) is 15.9 Å². The summed E-state index contributed by atoms with van der Waals surface area (Å²) in [6, 6.07) is 15.7. The Hall–Kier alpha value is -2.12. The lowest BCUT2D eigenvalue weighted by Crippen LogP contribution is -2.47. The second kappa shape index (κ2) is 7.63. The average molecular weight is 436 g/mol. The summed E-state index contributed by atoms with van der Waals surface area (Å²) in [5.41, 5.74) is 0.619. The molecule has 2 atom stereocenters. The van der Waals surface area contributed by atoms with Crippen molar-refractivity contribution in [2.24, 2.45) is 0 Å². The highest BCUT2D eigenvalue weighted by molar-refractivity contribution is 9.10. The smallest absolute Gasteiger partial charge is 0.268 e. The molecule has 2 aromatic rings. The number of hydrogen-bond acceptors (Lipinski definition) is 4. The summed E-state index contributed by atoms with van der Waals surface area (Å²) in [5.74, 6) is 0.147. The van der Waals surface area contributed by atoms with Gasteiger partial charge in [-0.25, -0.2) is 8.42 Å². The van der Waals surface area contributed by atoms with E-state index < -0.39 is 22.0 Å². The average Bonchev–Trinajstić information content (AvgIpc) is 2.97. The number of benzene rings is 2. The summed E-state index contributed by atoms with van der Waals surface area (Å²) < 4.78 is 30.3. The quantitative estimate of drug-likeness (QED) is 0.719. The van der Waals surface area contributed by atoms with Crippen LogP contribution in [0, 0.1) is 0 Å². The summed E-state index contributed by atoms with van der Waals surface area (Å²) in [6.45, 7) is 1.66. The van der Waals surface area contributed by atoms with Crippen molar-refractivity contribution in [3.8, 4) is 5.75 Å². The monoisotopic (exact) mass is 435 g/mol. The van der Waals surface area contributed by atoms with Crippen LogP contribution in [0.5, 0.6) is 5.75 Å². The molecule has 1 aliphatic heterocycles. The minimum absolute atomic E-state index is 0.132. The van der Waals surface area contributed by atoms with Gasteiger partial charge in [0, 0.05) is 15.6 Å². The molecule has 2 aromatic carbocycles. The van der Waals surface area contributed by atoms with Crippen molar-refractivity contribution in [2.75, 3.05) is 10.7 Å². The number of anilines is 1. The Balaban J connectivity index is 1.88. The molecule has 0 N–H and O–H groups in total. The zero-order valence-corrected chi connectivity index (χ0v) is 16.5. The third kappa shape index (κ3) is 4.34. The van der Waals surface area contributed by atoms with E-state index >= 15 is 0 Å². The molecule has 1 heterocycles. The van der Waals surface area contributed by atoms with Crippen molar-refractivity contribution in [1.82, 2.24) is 0 Å². The number of hydrogen-bond donors (Lipinski definition) is 0. The van der Waals surface area contributed by atoms with E-state index in [1.165, 1.54) is 10.3 Å². The molecule has 0 aliphatic carbocycles. The summed E-state index contributed by atoms with van der Waals surface area (Å²) in [7, 11) is -3.30. The number of halogens is 1. The van der Waals surface area contributed by atoms with E-state index in [0.717, 1.165) is 4.47 Å². The number of para-hydroxylation sites is 1. The predicted octanol–water partition coefficient (Wildman–Crippen LogP) is 3.56. The van der Waals surface area contributed by atoms with Crippen molar-refractivity contribution in [2.45, 2.75) is 19.1 Å². The normalized spacial score (nSPS) is 19.1. The van der Waals surface area contributed by atoms with Crippen LogP contribution in [0.25, 0.3) is 0 Å². The van der Waals surface area contributed by atoms with Crippen LogP contribution < -0.4 is 9.64 Å². The number of ether oxygens (including phenoxy) is 1. The summed E-state index contributed by atoms with van der Waals surface area (Å²) >= 11 is 3.37. The lowest BCUT2D eigenvalue weighted by atomic mass is 10.2. The molecule has 0 saturated carbocycles.